The summed E-state index contributed by atoms with van der Waals surface area (Å²) in [6, 6.07) is 9.06. The normalized spacial score (nSPS) is 16.9. The van der Waals surface area contributed by atoms with Gasteiger partial charge >= 0.3 is 6.03 Å². The summed E-state index contributed by atoms with van der Waals surface area (Å²) < 4.78 is 0. The van der Waals surface area contributed by atoms with Crippen molar-refractivity contribution in [3.8, 4) is 0 Å². The maximum atomic E-state index is 11.5. The Kier molecular flexibility index (Phi) is 5.83. The van der Waals surface area contributed by atoms with E-state index in [-0.39, 0.29) is 12.1 Å². The smallest absolute Gasteiger partial charge is 0.338 e. The van der Waals surface area contributed by atoms with Crippen molar-refractivity contribution in [1.29, 1.82) is 0 Å². The molecule has 1 aromatic rings. The molecule has 1 atom stereocenters. The van der Waals surface area contributed by atoms with Crippen LogP contribution in [0.3, 0.4) is 0 Å². The lowest BCUT2D eigenvalue weighted by Gasteiger charge is -2.14. The maximum absolute atomic E-state index is 11.5. The number of rotatable bonds is 6. The molecule has 1 aliphatic carbocycles. The van der Waals surface area contributed by atoms with Crippen LogP contribution in [0, 0.1) is 0 Å². The Balaban J connectivity index is 1.59. The molecule has 2 amide bonds. The van der Waals surface area contributed by atoms with E-state index in [1.165, 1.54) is 0 Å². The first-order valence-electron chi connectivity index (χ1n) is 7.18. The number of carbonyl (C=O) groups excluding carboxylic acids is 1. The first-order valence-corrected chi connectivity index (χ1v) is 7.18. The van der Waals surface area contributed by atoms with E-state index in [9.17, 15) is 9.90 Å². The predicted octanol–water partition coefficient (Wildman–Crippen LogP) is 2.28. The third-order valence-corrected chi connectivity index (χ3v) is 3.51. The minimum atomic E-state index is -0.563. The molecule has 20 heavy (non-hydrogen) atoms. The van der Waals surface area contributed by atoms with Gasteiger partial charge in [-0.25, -0.2) is 10.3 Å². The summed E-state index contributed by atoms with van der Waals surface area (Å²) in [4.78, 5) is 16.8. The fraction of sp³-hybridized carbons (Fsp3) is 0.533. The van der Waals surface area contributed by atoms with Crippen molar-refractivity contribution >= 4 is 6.03 Å². The first-order chi connectivity index (χ1) is 9.75. The van der Waals surface area contributed by atoms with Crippen LogP contribution in [0.5, 0.6) is 0 Å². The third-order valence-electron chi connectivity index (χ3n) is 3.51. The summed E-state index contributed by atoms with van der Waals surface area (Å²) in [6.07, 6.45) is 4.40. The standard InChI is InChI=1S/C15H22N2O3/c18-14(12-6-2-1-3-7-12)10-11-16-15(19)17-20-13-8-4-5-9-13/h1-3,6-7,13-14,18H,4-5,8-11H2,(H2,16,17,19). The number of benzene rings is 1. The molecule has 1 aliphatic rings. The van der Waals surface area contributed by atoms with E-state index in [0.717, 1.165) is 31.2 Å². The maximum Gasteiger partial charge on any atom is 0.338 e. The number of hydrogen-bond acceptors (Lipinski definition) is 3. The number of hydrogen-bond donors (Lipinski definition) is 3. The van der Waals surface area contributed by atoms with Crippen LogP contribution in [-0.4, -0.2) is 23.8 Å². The lowest BCUT2D eigenvalue weighted by atomic mass is 10.1. The molecule has 0 aromatic heterocycles. The minimum Gasteiger partial charge on any atom is -0.388 e. The summed E-state index contributed by atoms with van der Waals surface area (Å²) >= 11 is 0. The van der Waals surface area contributed by atoms with E-state index in [1.807, 2.05) is 30.3 Å². The Bertz CT molecular complexity index is 405. The molecule has 5 heteroatoms. The molecule has 0 saturated heterocycles. The van der Waals surface area contributed by atoms with Gasteiger partial charge in [0.2, 0.25) is 0 Å². The highest BCUT2D eigenvalue weighted by Gasteiger charge is 2.16. The summed E-state index contributed by atoms with van der Waals surface area (Å²) in [5.74, 6) is 0. The van der Waals surface area contributed by atoms with E-state index < -0.39 is 6.10 Å². The lowest BCUT2D eigenvalue weighted by Crippen LogP contribution is -2.38. The largest absolute Gasteiger partial charge is 0.388 e. The molecule has 0 aliphatic heterocycles. The van der Waals surface area contributed by atoms with Gasteiger partial charge in [-0.3, -0.25) is 4.84 Å². The van der Waals surface area contributed by atoms with Gasteiger partial charge in [-0.15, -0.1) is 0 Å². The summed E-state index contributed by atoms with van der Waals surface area (Å²) in [5.41, 5.74) is 3.26. The van der Waals surface area contributed by atoms with E-state index >= 15 is 0 Å². The minimum absolute atomic E-state index is 0.149. The highest BCUT2D eigenvalue weighted by atomic mass is 16.7. The van der Waals surface area contributed by atoms with Crippen molar-refractivity contribution in [3.63, 3.8) is 0 Å². The van der Waals surface area contributed by atoms with Gasteiger partial charge in [0.15, 0.2) is 0 Å². The fourth-order valence-corrected chi connectivity index (χ4v) is 2.34. The first kappa shape index (κ1) is 14.8. The molecule has 1 saturated carbocycles. The average Bonchev–Trinajstić information content (AvgIpc) is 2.99. The Labute approximate surface area is 119 Å². The van der Waals surface area contributed by atoms with Crippen molar-refractivity contribution < 1.29 is 14.7 Å². The van der Waals surface area contributed by atoms with Crippen molar-refractivity contribution in [1.82, 2.24) is 10.8 Å². The Morgan fingerprint density at radius 2 is 2.00 bits per heavy atom. The molecule has 2 rings (SSSR count). The summed E-state index contributed by atoms with van der Waals surface area (Å²) in [6.45, 7) is 0.399. The van der Waals surface area contributed by atoms with Crippen LogP contribution in [0.1, 0.15) is 43.8 Å². The second-order valence-corrected chi connectivity index (χ2v) is 5.10. The molecule has 110 valence electrons. The number of hydroxylamine groups is 1. The zero-order valence-electron chi connectivity index (χ0n) is 11.5. The number of nitrogens with one attached hydrogen (secondary N) is 2. The topological polar surface area (TPSA) is 70.6 Å². The van der Waals surface area contributed by atoms with Crippen LogP contribution in [0.25, 0.3) is 0 Å². The van der Waals surface area contributed by atoms with Gasteiger partial charge in [-0.2, -0.15) is 0 Å². The predicted molar refractivity (Wildman–Crippen MR) is 75.9 cm³/mol. The highest BCUT2D eigenvalue weighted by Crippen LogP contribution is 2.19. The molecular formula is C15H22N2O3. The van der Waals surface area contributed by atoms with Crippen molar-refractivity contribution in [3.05, 3.63) is 35.9 Å². The Morgan fingerprint density at radius 1 is 1.30 bits per heavy atom. The molecule has 0 heterocycles. The van der Waals surface area contributed by atoms with Crippen molar-refractivity contribution in [2.24, 2.45) is 0 Å². The van der Waals surface area contributed by atoms with Crippen LogP contribution in [0.2, 0.25) is 0 Å². The highest BCUT2D eigenvalue weighted by molar-refractivity contribution is 5.72. The molecule has 0 spiro atoms. The second-order valence-electron chi connectivity index (χ2n) is 5.10. The monoisotopic (exact) mass is 278 g/mol. The lowest BCUT2D eigenvalue weighted by molar-refractivity contribution is 0.0000528. The van der Waals surface area contributed by atoms with Gasteiger partial charge in [0, 0.05) is 6.54 Å². The van der Waals surface area contributed by atoms with Crippen LogP contribution in [0.15, 0.2) is 30.3 Å². The van der Waals surface area contributed by atoms with E-state index in [4.69, 9.17) is 4.84 Å². The third kappa shape index (κ3) is 4.83. The van der Waals surface area contributed by atoms with Crippen LogP contribution < -0.4 is 10.8 Å². The Hall–Kier alpha value is -1.59. The van der Waals surface area contributed by atoms with Crippen LogP contribution in [0.4, 0.5) is 4.79 Å². The molecule has 1 unspecified atom stereocenters. The number of aliphatic hydroxyl groups excluding tert-OH is 1. The zero-order chi connectivity index (χ0) is 14.2. The molecular weight excluding hydrogens is 256 g/mol. The summed E-state index contributed by atoms with van der Waals surface area (Å²) in [5, 5.41) is 12.6. The fourth-order valence-electron chi connectivity index (χ4n) is 2.34. The van der Waals surface area contributed by atoms with Crippen LogP contribution in [-0.2, 0) is 4.84 Å². The van der Waals surface area contributed by atoms with Gasteiger partial charge in [-0.1, -0.05) is 43.2 Å². The second kappa shape index (κ2) is 7.87. The van der Waals surface area contributed by atoms with Crippen molar-refractivity contribution in [2.75, 3.05) is 6.54 Å². The molecule has 1 fully saturated rings. The van der Waals surface area contributed by atoms with E-state index in [0.29, 0.717) is 13.0 Å². The zero-order valence-corrected chi connectivity index (χ0v) is 11.5. The Morgan fingerprint density at radius 3 is 2.70 bits per heavy atom. The van der Waals surface area contributed by atoms with Gasteiger partial charge < -0.3 is 10.4 Å². The van der Waals surface area contributed by atoms with Gasteiger partial charge in [-0.05, 0) is 24.8 Å². The van der Waals surface area contributed by atoms with E-state index in [2.05, 4.69) is 10.8 Å². The average molecular weight is 278 g/mol. The number of amides is 2. The molecule has 0 bridgehead atoms. The summed E-state index contributed by atoms with van der Waals surface area (Å²) in [7, 11) is 0. The van der Waals surface area contributed by atoms with Gasteiger partial charge in [0.25, 0.3) is 0 Å². The SMILES string of the molecule is O=C(NCCC(O)c1ccccc1)NOC1CCCC1. The molecule has 5 nitrogen and oxygen atoms in total. The quantitative estimate of drug-likeness (QED) is 0.699. The molecule has 0 radical (unpaired) electrons. The van der Waals surface area contributed by atoms with Crippen LogP contribution >= 0.6 is 0 Å². The van der Waals surface area contributed by atoms with Gasteiger partial charge in [0.05, 0.1) is 12.2 Å². The molecule has 3 N–H and O–H groups in total. The van der Waals surface area contributed by atoms with Gasteiger partial charge in [0.1, 0.15) is 0 Å². The number of aliphatic hydroxyl groups is 1. The number of urea groups is 1. The molecule has 1 aromatic carbocycles. The van der Waals surface area contributed by atoms with Crippen molar-refractivity contribution in [2.45, 2.75) is 44.3 Å². The number of carbonyl (C=O) groups is 1. The van der Waals surface area contributed by atoms with E-state index in [1.54, 1.807) is 0 Å².